The van der Waals surface area contributed by atoms with Crippen molar-refractivity contribution in [3.8, 4) is 0 Å². The quantitative estimate of drug-likeness (QED) is 0.568. The van der Waals surface area contributed by atoms with Crippen molar-refractivity contribution in [3.63, 3.8) is 0 Å². The van der Waals surface area contributed by atoms with E-state index in [-0.39, 0.29) is 11.3 Å². The van der Waals surface area contributed by atoms with E-state index in [1.165, 1.54) is 5.56 Å². The minimum absolute atomic E-state index is 0.0220. The smallest absolute Gasteiger partial charge is 0.248 e. The van der Waals surface area contributed by atoms with Crippen LogP contribution in [0.3, 0.4) is 0 Å². The summed E-state index contributed by atoms with van der Waals surface area (Å²) < 4.78 is 0. The maximum absolute atomic E-state index is 12.8. The van der Waals surface area contributed by atoms with Crippen LogP contribution in [0.5, 0.6) is 0 Å². The first-order valence-electron chi connectivity index (χ1n) is 8.63. The van der Waals surface area contributed by atoms with E-state index in [4.69, 9.17) is 5.21 Å². The summed E-state index contributed by atoms with van der Waals surface area (Å²) in [5.41, 5.74) is 3.16. The van der Waals surface area contributed by atoms with E-state index in [0.29, 0.717) is 25.4 Å². The van der Waals surface area contributed by atoms with Crippen LogP contribution in [-0.2, 0) is 9.59 Å². The summed E-state index contributed by atoms with van der Waals surface area (Å²) in [6.07, 6.45) is 2.87. The van der Waals surface area contributed by atoms with Crippen molar-refractivity contribution < 1.29 is 14.8 Å². The molecular weight excluding hydrogens is 306 g/mol. The van der Waals surface area contributed by atoms with Gasteiger partial charge in [0.25, 0.3) is 0 Å². The monoisotopic (exact) mass is 329 g/mol. The lowest BCUT2D eigenvalue weighted by Gasteiger charge is -2.44. The van der Waals surface area contributed by atoms with E-state index in [1.807, 2.05) is 23.1 Å². The van der Waals surface area contributed by atoms with Crippen LogP contribution in [0.1, 0.15) is 30.7 Å². The van der Waals surface area contributed by atoms with Gasteiger partial charge in [-0.15, -0.1) is 0 Å². The van der Waals surface area contributed by atoms with E-state index in [1.54, 1.807) is 5.48 Å². The predicted molar refractivity (Wildman–Crippen MR) is 87.3 cm³/mol. The maximum Gasteiger partial charge on any atom is 0.248 e. The zero-order chi connectivity index (χ0) is 16.7. The van der Waals surface area contributed by atoms with Crippen LogP contribution in [0.15, 0.2) is 30.3 Å². The van der Waals surface area contributed by atoms with Gasteiger partial charge in [0.2, 0.25) is 11.8 Å². The summed E-state index contributed by atoms with van der Waals surface area (Å²) in [7, 11) is 0. The number of likely N-dealkylation sites (tertiary alicyclic amines) is 1. The van der Waals surface area contributed by atoms with Crippen LogP contribution in [0, 0.1) is 11.3 Å². The molecule has 3 aliphatic rings. The Balaban J connectivity index is 1.41. The summed E-state index contributed by atoms with van der Waals surface area (Å²) in [5.74, 6) is -0.591. The second kappa shape index (κ2) is 5.86. The maximum atomic E-state index is 12.8. The van der Waals surface area contributed by atoms with Crippen LogP contribution >= 0.6 is 0 Å². The SMILES string of the molecule is O=C(NO)C1CC2(CC2)CNC1C(=O)N1CC(c2ccccc2)C1. The summed E-state index contributed by atoms with van der Waals surface area (Å²) in [4.78, 5) is 26.7. The molecular formula is C18H23N3O3. The highest BCUT2D eigenvalue weighted by atomic mass is 16.5. The van der Waals surface area contributed by atoms with Gasteiger partial charge in [0.05, 0.1) is 12.0 Å². The Hall–Kier alpha value is -1.92. The minimum atomic E-state index is -0.528. The number of rotatable bonds is 3. The molecule has 1 saturated carbocycles. The fourth-order valence-corrected chi connectivity index (χ4v) is 4.06. The number of nitrogens with zero attached hydrogens (tertiary/aromatic N) is 1. The van der Waals surface area contributed by atoms with Gasteiger partial charge in [-0.1, -0.05) is 30.3 Å². The molecule has 1 aromatic carbocycles. The highest BCUT2D eigenvalue weighted by Gasteiger charge is 2.53. The van der Waals surface area contributed by atoms with Gasteiger partial charge in [0.1, 0.15) is 0 Å². The number of hydrogen-bond acceptors (Lipinski definition) is 4. The highest BCUT2D eigenvalue weighted by Crippen LogP contribution is 2.52. The topological polar surface area (TPSA) is 81.7 Å². The zero-order valence-corrected chi connectivity index (χ0v) is 13.6. The Morgan fingerprint density at radius 2 is 1.92 bits per heavy atom. The van der Waals surface area contributed by atoms with Gasteiger partial charge in [0, 0.05) is 25.6 Å². The number of piperidine rings is 1. The molecule has 6 nitrogen and oxygen atoms in total. The van der Waals surface area contributed by atoms with E-state index in [2.05, 4.69) is 17.4 Å². The molecule has 128 valence electrons. The largest absolute Gasteiger partial charge is 0.340 e. The molecule has 24 heavy (non-hydrogen) atoms. The third-order valence-electron chi connectivity index (χ3n) is 5.89. The molecule has 0 bridgehead atoms. The molecule has 2 heterocycles. The van der Waals surface area contributed by atoms with E-state index < -0.39 is 17.9 Å². The molecule has 1 aromatic rings. The zero-order valence-electron chi connectivity index (χ0n) is 13.6. The van der Waals surface area contributed by atoms with Gasteiger partial charge in [-0.05, 0) is 30.2 Å². The van der Waals surface area contributed by atoms with Crippen molar-refractivity contribution in [2.75, 3.05) is 19.6 Å². The third-order valence-corrected chi connectivity index (χ3v) is 5.89. The predicted octanol–water partition coefficient (Wildman–Crippen LogP) is 0.876. The third kappa shape index (κ3) is 2.70. The normalized spacial score (nSPS) is 28.3. The standard InChI is InChI=1S/C18H23N3O3/c22-16(20-24)14-8-18(6-7-18)11-19-15(14)17(23)21-9-13(10-21)12-4-2-1-3-5-12/h1-5,13-15,19,24H,6-11H2,(H,20,22). The fraction of sp³-hybridized carbons (Fsp3) is 0.556. The molecule has 2 saturated heterocycles. The van der Waals surface area contributed by atoms with E-state index >= 15 is 0 Å². The molecule has 2 amide bonds. The van der Waals surface area contributed by atoms with Gasteiger partial charge < -0.3 is 10.2 Å². The number of hydroxylamine groups is 1. The van der Waals surface area contributed by atoms with Crippen molar-refractivity contribution in [2.24, 2.45) is 11.3 Å². The summed E-state index contributed by atoms with van der Waals surface area (Å²) >= 11 is 0. The van der Waals surface area contributed by atoms with Gasteiger partial charge >= 0.3 is 0 Å². The van der Waals surface area contributed by atoms with Crippen LogP contribution < -0.4 is 10.8 Å². The average molecular weight is 329 g/mol. The lowest BCUT2D eigenvalue weighted by atomic mass is 9.80. The van der Waals surface area contributed by atoms with Gasteiger partial charge in [-0.2, -0.15) is 0 Å². The average Bonchev–Trinajstić information content (AvgIpc) is 3.32. The fourth-order valence-electron chi connectivity index (χ4n) is 4.06. The summed E-state index contributed by atoms with van der Waals surface area (Å²) in [6.45, 7) is 2.17. The molecule has 2 unspecified atom stereocenters. The summed E-state index contributed by atoms with van der Waals surface area (Å²) in [5, 5.41) is 12.3. The first kappa shape index (κ1) is 15.6. The van der Waals surface area contributed by atoms with Crippen LogP contribution in [-0.4, -0.2) is 47.6 Å². The Bertz CT molecular complexity index is 638. The lowest BCUT2D eigenvalue weighted by Crippen LogP contribution is -2.62. The second-order valence-electron chi connectivity index (χ2n) is 7.50. The lowest BCUT2D eigenvalue weighted by molar-refractivity contribution is -0.147. The molecule has 1 aliphatic carbocycles. The van der Waals surface area contributed by atoms with Gasteiger partial charge in [0.15, 0.2) is 0 Å². The molecule has 4 rings (SSSR count). The molecule has 1 spiro atoms. The number of carbonyl (C=O) groups is 2. The molecule has 2 aliphatic heterocycles. The van der Waals surface area contributed by atoms with Gasteiger partial charge in [-0.3, -0.25) is 14.8 Å². The van der Waals surface area contributed by atoms with Crippen molar-refractivity contribution in [3.05, 3.63) is 35.9 Å². The number of benzene rings is 1. The van der Waals surface area contributed by atoms with E-state index in [9.17, 15) is 9.59 Å². The molecule has 6 heteroatoms. The Labute approximate surface area is 141 Å². The molecule has 0 aromatic heterocycles. The van der Waals surface area contributed by atoms with E-state index in [0.717, 1.165) is 19.4 Å². The van der Waals surface area contributed by atoms with Crippen LogP contribution in [0.25, 0.3) is 0 Å². The van der Waals surface area contributed by atoms with Crippen molar-refractivity contribution >= 4 is 11.8 Å². The summed E-state index contributed by atoms with van der Waals surface area (Å²) in [6, 6.07) is 9.66. The number of carbonyl (C=O) groups excluding carboxylic acids is 2. The molecule has 2 atom stereocenters. The molecule has 0 radical (unpaired) electrons. The second-order valence-corrected chi connectivity index (χ2v) is 7.50. The Kier molecular flexibility index (Phi) is 3.81. The van der Waals surface area contributed by atoms with Crippen molar-refractivity contribution in [2.45, 2.75) is 31.2 Å². The van der Waals surface area contributed by atoms with Crippen LogP contribution in [0.2, 0.25) is 0 Å². The number of hydrogen-bond donors (Lipinski definition) is 3. The van der Waals surface area contributed by atoms with Gasteiger partial charge in [-0.25, -0.2) is 5.48 Å². The minimum Gasteiger partial charge on any atom is -0.340 e. The Morgan fingerprint density at radius 3 is 2.54 bits per heavy atom. The number of amides is 2. The van der Waals surface area contributed by atoms with Crippen molar-refractivity contribution in [1.29, 1.82) is 0 Å². The first-order valence-corrected chi connectivity index (χ1v) is 8.63. The molecule has 3 N–H and O–H groups in total. The number of nitrogens with one attached hydrogen (secondary N) is 2. The van der Waals surface area contributed by atoms with Crippen molar-refractivity contribution in [1.82, 2.24) is 15.7 Å². The highest BCUT2D eigenvalue weighted by molar-refractivity contribution is 5.90. The molecule has 3 fully saturated rings. The first-order chi connectivity index (χ1) is 11.6. The Morgan fingerprint density at radius 1 is 1.21 bits per heavy atom. The van der Waals surface area contributed by atoms with Crippen LogP contribution in [0.4, 0.5) is 0 Å².